The number of aromatic hydroxyl groups is 1. The summed E-state index contributed by atoms with van der Waals surface area (Å²) in [5.41, 5.74) is 2.51. The number of thiocarbonyl (C=S) groups is 1. The first-order valence-corrected chi connectivity index (χ1v) is 9.82. The predicted molar refractivity (Wildman–Crippen MR) is 115 cm³/mol. The van der Waals surface area contributed by atoms with Crippen LogP contribution in [-0.2, 0) is 4.79 Å². The molecule has 1 heterocycles. The van der Waals surface area contributed by atoms with Crippen molar-refractivity contribution in [1.82, 2.24) is 10.4 Å². The zero-order valence-electron chi connectivity index (χ0n) is 15.5. The first kappa shape index (κ1) is 21.3. The zero-order valence-corrected chi connectivity index (χ0v) is 17.2. The maximum absolute atomic E-state index is 12.7. The lowest BCUT2D eigenvalue weighted by molar-refractivity contribution is -0.386. The van der Waals surface area contributed by atoms with E-state index < -0.39 is 28.2 Å². The third-order valence-corrected chi connectivity index (χ3v) is 5.22. The third kappa shape index (κ3) is 4.42. The highest BCUT2D eigenvalue weighted by Gasteiger charge is 2.34. The van der Waals surface area contributed by atoms with Gasteiger partial charge in [-0.2, -0.15) is 5.01 Å². The predicted octanol–water partition coefficient (Wildman–Crippen LogP) is 3.25. The average molecular weight is 445 g/mol. The van der Waals surface area contributed by atoms with Crippen LogP contribution in [0.5, 0.6) is 11.5 Å². The number of nitrogens with zero attached hydrogens (tertiary/aromatic N) is 2. The Labute approximate surface area is 180 Å². The quantitative estimate of drug-likeness (QED) is 0.301. The van der Waals surface area contributed by atoms with Gasteiger partial charge in [0.2, 0.25) is 5.75 Å². The molecule has 2 aromatic rings. The van der Waals surface area contributed by atoms with Crippen LogP contribution in [-0.4, -0.2) is 37.8 Å². The van der Waals surface area contributed by atoms with E-state index in [1.54, 1.807) is 37.3 Å². The van der Waals surface area contributed by atoms with Crippen LogP contribution in [0.25, 0.3) is 6.08 Å². The van der Waals surface area contributed by atoms with Crippen LogP contribution in [0.2, 0.25) is 0 Å². The van der Waals surface area contributed by atoms with Gasteiger partial charge in [-0.1, -0.05) is 30.0 Å². The molecular formula is C19H15N3O6S2. The molecule has 9 nitrogen and oxygen atoms in total. The molecule has 2 N–H and O–H groups in total. The fraction of sp³-hybridized carbons (Fsp3) is 0.105. The normalized spacial score (nSPS) is 14.8. The van der Waals surface area contributed by atoms with E-state index in [4.69, 9.17) is 17.0 Å². The van der Waals surface area contributed by atoms with Gasteiger partial charge in [0.1, 0.15) is 0 Å². The summed E-state index contributed by atoms with van der Waals surface area (Å²) < 4.78 is 5.34. The number of ether oxygens (including phenoxy) is 1. The minimum atomic E-state index is -0.750. The van der Waals surface area contributed by atoms with Crippen molar-refractivity contribution in [3.8, 4) is 11.5 Å². The Morgan fingerprint density at radius 3 is 2.70 bits per heavy atom. The van der Waals surface area contributed by atoms with Gasteiger partial charge in [0.05, 0.1) is 16.4 Å². The Balaban J connectivity index is 1.88. The molecule has 0 spiro atoms. The highest BCUT2D eigenvalue weighted by atomic mass is 32.2. The highest BCUT2D eigenvalue weighted by Crippen LogP contribution is 2.39. The number of hydrogen-bond acceptors (Lipinski definition) is 8. The van der Waals surface area contributed by atoms with E-state index in [9.17, 15) is 24.8 Å². The fourth-order valence-electron chi connectivity index (χ4n) is 2.57. The lowest BCUT2D eigenvalue weighted by Crippen LogP contribution is -2.44. The van der Waals surface area contributed by atoms with Crippen molar-refractivity contribution in [2.75, 3.05) is 6.61 Å². The number of benzene rings is 2. The number of thioether (sulfide) groups is 1. The topological polar surface area (TPSA) is 122 Å². The van der Waals surface area contributed by atoms with Gasteiger partial charge in [-0.15, -0.1) is 0 Å². The van der Waals surface area contributed by atoms with Gasteiger partial charge < -0.3 is 9.84 Å². The summed E-state index contributed by atoms with van der Waals surface area (Å²) >= 11 is 6.11. The van der Waals surface area contributed by atoms with Gasteiger partial charge >= 0.3 is 5.69 Å². The summed E-state index contributed by atoms with van der Waals surface area (Å²) in [7, 11) is 0. The number of nitro benzene ring substituents is 1. The van der Waals surface area contributed by atoms with Crippen molar-refractivity contribution in [3.63, 3.8) is 0 Å². The number of phenols is 1. The van der Waals surface area contributed by atoms with E-state index in [-0.39, 0.29) is 27.1 Å². The van der Waals surface area contributed by atoms with Crippen molar-refractivity contribution in [3.05, 3.63) is 68.6 Å². The minimum absolute atomic E-state index is 0.0780. The summed E-state index contributed by atoms with van der Waals surface area (Å²) in [5, 5.41) is 22.1. The SMILES string of the molecule is CCOc1cc(/C=C2/SC(=S)N(NC(=O)c3ccccc3)C2=O)cc([N+](=O)[O-])c1O. The van der Waals surface area contributed by atoms with Crippen LogP contribution < -0.4 is 10.2 Å². The van der Waals surface area contributed by atoms with Crippen molar-refractivity contribution in [1.29, 1.82) is 0 Å². The number of phenolic OH excluding ortho intramolecular Hbond substituents is 1. The Morgan fingerprint density at radius 2 is 2.07 bits per heavy atom. The largest absolute Gasteiger partial charge is 0.500 e. The lowest BCUT2D eigenvalue weighted by Gasteiger charge is -2.15. The second-order valence-corrected chi connectivity index (χ2v) is 7.58. The molecule has 11 heteroatoms. The van der Waals surface area contributed by atoms with E-state index in [0.717, 1.165) is 22.8 Å². The van der Waals surface area contributed by atoms with Gasteiger partial charge in [0.25, 0.3) is 11.8 Å². The maximum atomic E-state index is 12.7. The fourth-order valence-corrected chi connectivity index (χ4v) is 3.75. The van der Waals surface area contributed by atoms with Crippen molar-refractivity contribution < 1.29 is 24.4 Å². The van der Waals surface area contributed by atoms with Crippen LogP contribution in [0.3, 0.4) is 0 Å². The molecule has 0 saturated carbocycles. The third-order valence-electron chi connectivity index (χ3n) is 3.91. The van der Waals surface area contributed by atoms with Crippen molar-refractivity contribution >= 4 is 51.9 Å². The molecule has 0 unspecified atom stereocenters. The molecular weight excluding hydrogens is 430 g/mol. The monoisotopic (exact) mass is 445 g/mol. The molecule has 1 aliphatic heterocycles. The van der Waals surface area contributed by atoms with Gasteiger partial charge in [0.15, 0.2) is 10.1 Å². The van der Waals surface area contributed by atoms with E-state index in [2.05, 4.69) is 5.43 Å². The number of nitrogens with one attached hydrogen (secondary N) is 1. The van der Waals surface area contributed by atoms with Crippen LogP contribution in [0, 0.1) is 10.1 Å². The standard InChI is InChI=1S/C19H15N3O6S2/c1-2-28-14-9-11(8-13(16(14)23)22(26)27)10-15-18(25)21(19(29)30-15)20-17(24)12-6-4-3-5-7-12/h3-10,23H,2H2,1H3,(H,20,24)/b15-10+. The molecule has 30 heavy (non-hydrogen) atoms. The Morgan fingerprint density at radius 1 is 1.37 bits per heavy atom. The molecule has 0 radical (unpaired) electrons. The zero-order chi connectivity index (χ0) is 21.8. The Kier molecular flexibility index (Phi) is 6.33. The molecule has 3 rings (SSSR count). The number of hydrazine groups is 1. The second-order valence-electron chi connectivity index (χ2n) is 5.90. The molecule has 154 valence electrons. The van der Waals surface area contributed by atoms with E-state index in [1.165, 1.54) is 12.1 Å². The summed E-state index contributed by atoms with van der Waals surface area (Å²) in [6.45, 7) is 1.85. The van der Waals surface area contributed by atoms with Gasteiger partial charge in [-0.25, -0.2) is 0 Å². The molecule has 1 aliphatic rings. The Bertz CT molecular complexity index is 1070. The average Bonchev–Trinajstić information content (AvgIpc) is 2.98. The number of nitro groups is 1. The van der Waals surface area contributed by atoms with Crippen molar-refractivity contribution in [2.24, 2.45) is 0 Å². The highest BCUT2D eigenvalue weighted by molar-refractivity contribution is 8.26. The number of carbonyl (C=O) groups excluding carboxylic acids is 2. The van der Waals surface area contributed by atoms with Crippen LogP contribution in [0.15, 0.2) is 47.4 Å². The number of amides is 2. The maximum Gasteiger partial charge on any atom is 0.315 e. The second kappa shape index (κ2) is 8.93. The molecule has 1 fully saturated rings. The summed E-state index contributed by atoms with van der Waals surface area (Å²) in [5.74, 6) is -1.76. The number of rotatable bonds is 6. The van der Waals surface area contributed by atoms with Crippen LogP contribution >= 0.6 is 24.0 Å². The van der Waals surface area contributed by atoms with Gasteiger partial charge in [0, 0.05) is 11.6 Å². The molecule has 0 aliphatic carbocycles. The number of hydrogen-bond donors (Lipinski definition) is 2. The molecule has 0 aromatic heterocycles. The van der Waals surface area contributed by atoms with Gasteiger partial charge in [-0.3, -0.25) is 25.1 Å². The smallest absolute Gasteiger partial charge is 0.315 e. The molecule has 1 saturated heterocycles. The first-order chi connectivity index (χ1) is 14.3. The molecule has 2 aromatic carbocycles. The summed E-state index contributed by atoms with van der Waals surface area (Å²) in [6.07, 6.45) is 1.38. The lowest BCUT2D eigenvalue weighted by atomic mass is 10.1. The Hall–Kier alpha value is -3.44. The molecule has 2 amide bonds. The van der Waals surface area contributed by atoms with E-state index >= 15 is 0 Å². The number of carbonyl (C=O) groups is 2. The minimum Gasteiger partial charge on any atom is -0.500 e. The van der Waals surface area contributed by atoms with Crippen molar-refractivity contribution in [2.45, 2.75) is 6.92 Å². The van der Waals surface area contributed by atoms with E-state index in [1.807, 2.05) is 0 Å². The van der Waals surface area contributed by atoms with Crippen LogP contribution in [0.4, 0.5) is 5.69 Å². The molecule has 0 atom stereocenters. The summed E-state index contributed by atoms with van der Waals surface area (Å²) in [6, 6.07) is 10.8. The van der Waals surface area contributed by atoms with Gasteiger partial charge in [-0.05, 0) is 49.0 Å². The molecule has 0 bridgehead atoms. The van der Waals surface area contributed by atoms with E-state index in [0.29, 0.717) is 5.56 Å². The summed E-state index contributed by atoms with van der Waals surface area (Å²) in [4.78, 5) is 35.6. The first-order valence-electron chi connectivity index (χ1n) is 8.60. The van der Waals surface area contributed by atoms with Crippen LogP contribution in [0.1, 0.15) is 22.8 Å².